The van der Waals surface area contributed by atoms with Crippen LogP contribution < -0.4 is 10.5 Å². The Kier molecular flexibility index (Phi) is 4.12. The van der Waals surface area contributed by atoms with Gasteiger partial charge in [-0.25, -0.2) is 0 Å². The van der Waals surface area contributed by atoms with Crippen LogP contribution >= 0.6 is 11.6 Å². The number of nitrogens with zero attached hydrogens (tertiary/aromatic N) is 2. The molecule has 5 heteroatoms. The van der Waals surface area contributed by atoms with Crippen molar-refractivity contribution in [1.82, 2.24) is 9.78 Å². The minimum atomic E-state index is -0.0359. The molecule has 102 valence electrons. The summed E-state index contributed by atoms with van der Waals surface area (Å²) >= 11 is 6.18. The van der Waals surface area contributed by atoms with Crippen LogP contribution in [0.15, 0.2) is 24.3 Å². The van der Waals surface area contributed by atoms with E-state index in [4.69, 9.17) is 22.1 Å². The minimum Gasteiger partial charge on any atom is -0.486 e. The molecule has 1 heterocycles. The number of nitrogens with two attached hydrogens (primary N) is 1. The number of hydrogen-bond donors (Lipinski definition) is 1. The zero-order valence-corrected chi connectivity index (χ0v) is 12.1. The zero-order valence-electron chi connectivity index (χ0n) is 11.4. The van der Waals surface area contributed by atoms with Gasteiger partial charge in [0.1, 0.15) is 12.4 Å². The first-order valence-electron chi connectivity index (χ1n) is 6.14. The fraction of sp³-hybridized carbons (Fsp3) is 0.357. The van der Waals surface area contributed by atoms with Crippen LogP contribution in [0.2, 0.25) is 5.02 Å². The molecule has 0 aliphatic heterocycles. The number of aromatic nitrogens is 2. The van der Waals surface area contributed by atoms with Gasteiger partial charge in [0.25, 0.3) is 0 Å². The van der Waals surface area contributed by atoms with Crippen LogP contribution in [-0.4, -0.2) is 9.78 Å². The molecule has 2 N–H and O–H groups in total. The predicted octanol–water partition coefficient (Wildman–Crippen LogP) is 2.98. The molecule has 0 radical (unpaired) electrons. The second-order valence-corrected chi connectivity index (χ2v) is 5.08. The van der Waals surface area contributed by atoms with Gasteiger partial charge in [0.15, 0.2) is 0 Å². The lowest BCUT2D eigenvalue weighted by Gasteiger charge is -2.11. The number of rotatable bonds is 4. The monoisotopic (exact) mass is 279 g/mol. The second kappa shape index (κ2) is 5.63. The van der Waals surface area contributed by atoms with E-state index in [9.17, 15) is 0 Å². The highest BCUT2D eigenvalue weighted by atomic mass is 35.5. The number of hydrogen-bond acceptors (Lipinski definition) is 3. The Hall–Kier alpha value is -1.52. The van der Waals surface area contributed by atoms with Gasteiger partial charge < -0.3 is 10.5 Å². The molecule has 0 aliphatic rings. The summed E-state index contributed by atoms with van der Waals surface area (Å²) < 4.78 is 7.52. The first kappa shape index (κ1) is 13.9. The van der Waals surface area contributed by atoms with Crippen molar-refractivity contribution in [3.63, 3.8) is 0 Å². The van der Waals surface area contributed by atoms with Gasteiger partial charge in [-0.3, -0.25) is 4.68 Å². The van der Waals surface area contributed by atoms with Crippen LogP contribution in [0.4, 0.5) is 0 Å². The van der Waals surface area contributed by atoms with Crippen LogP contribution in [0, 0.1) is 6.92 Å². The normalized spacial score (nSPS) is 12.5. The maximum Gasteiger partial charge on any atom is 0.138 e. The van der Waals surface area contributed by atoms with Crippen molar-refractivity contribution in [3.05, 3.63) is 46.2 Å². The smallest absolute Gasteiger partial charge is 0.138 e. The van der Waals surface area contributed by atoms with Crippen molar-refractivity contribution in [3.8, 4) is 5.75 Å². The highest BCUT2D eigenvalue weighted by Gasteiger charge is 2.08. The van der Waals surface area contributed by atoms with Crippen molar-refractivity contribution in [2.45, 2.75) is 26.5 Å². The largest absolute Gasteiger partial charge is 0.486 e. The Morgan fingerprint density at radius 2 is 2.16 bits per heavy atom. The van der Waals surface area contributed by atoms with Crippen molar-refractivity contribution < 1.29 is 4.74 Å². The Morgan fingerprint density at radius 3 is 2.68 bits per heavy atom. The molecule has 1 aromatic heterocycles. The van der Waals surface area contributed by atoms with Gasteiger partial charge in [-0.2, -0.15) is 5.10 Å². The number of ether oxygens (including phenoxy) is 1. The maximum absolute atomic E-state index is 6.18. The van der Waals surface area contributed by atoms with Gasteiger partial charge in [0.2, 0.25) is 0 Å². The van der Waals surface area contributed by atoms with Crippen LogP contribution in [0.5, 0.6) is 5.75 Å². The van der Waals surface area contributed by atoms with Crippen molar-refractivity contribution in [2.75, 3.05) is 0 Å². The standard InChI is InChI=1S/C14H18ClN3O/c1-9-6-12(18(3)17-9)8-19-14-5-4-11(10(2)16)7-13(14)15/h4-7,10H,8,16H2,1-3H3/t10-/m1/s1. The fourth-order valence-corrected chi connectivity index (χ4v) is 2.11. The van der Waals surface area contributed by atoms with Gasteiger partial charge in [-0.15, -0.1) is 0 Å². The zero-order chi connectivity index (χ0) is 14.0. The molecule has 19 heavy (non-hydrogen) atoms. The molecule has 1 aromatic carbocycles. The van der Waals surface area contributed by atoms with Crippen LogP contribution in [0.1, 0.15) is 29.9 Å². The highest BCUT2D eigenvalue weighted by molar-refractivity contribution is 6.32. The minimum absolute atomic E-state index is 0.0359. The first-order valence-corrected chi connectivity index (χ1v) is 6.52. The lowest BCUT2D eigenvalue weighted by atomic mass is 10.1. The van der Waals surface area contributed by atoms with E-state index >= 15 is 0 Å². The van der Waals surface area contributed by atoms with E-state index < -0.39 is 0 Å². The summed E-state index contributed by atoms with van der Waals surface area (Å²) in [5.74, 6) is 0.657. The molecule has 4 nitrogen and oxygen atoms in total. The van der Waals surface area contributed by atoms with Gasteiger partial charge >= 0.3 is 0 Å². The third-order valence-electron chi connectivity index (χ3n) is 2.96. The van der Waals surface area contributed by atoms with Crippen LogP contribution in [-0.2, 0) is 13.7 Å². The predicted molar refractivity (Wildman–Crippen MR) is 76.3 cm³/mol. The van der Waals surface area contributed by atoms with Crippen LogP contribution in [0.25, 0.3) is 0 Å². The summed E-state index contributed by atoms with van der Waals surface area (Å²) in [6, 6.07) is 7.58. The molecule has 0 bridgehead atoms. The summed E-state index contributed by atoms with van der Waals surface area (Å²) in [4.78, 5) is 0. The van der Waals surface area contributed by atoms with E-state index in [2.05, 4.69) is 5.10 Å². The Labute approximate surface area is 118 Å². The lowest BCUT2D eigenvalue weighted by Crippen LogP contribution is -2.06. The van der Waals surface area contributed by atoms with E-state index in [-0.39, 0.29) is 6.04 Å². The maximum atomic E-state index is 6.18. The molecule has 0 amide bonds. The average Bonchev–Trinajstić information content (AvgIpc) is 2.66. The van der Waals surface area contributed by atoms with Crippen LogP contribution in [0.3, 0.4) is 0 Å². The van der Waals surface area contributed by atoms with E-state index in [0.29, 0.717) is 17.4 Å². The summed E-state index contributed by atoms with van der Waals surface area (Å²) in [5.41, 5.74) is 8.78. The molecule has 0 saturated carbocycles. The van der Waals surface area contributed by atoms with Crippen molar-refractivity contribution in [1.29, 1.82) is 0 Å². The number of benzene rings is 1. The Bertz CT molecular complexity index is 578. The molecule has 2 aromatic rings. The second-order valence-electron chi connectivity index (χ2n) is 4.67. The van der Waals surface area contributed by atoms with Crippen molar-refractivity contribution >= 4 is 11.6 Å². The summed E-state index contributed by atoms with van der Waals surface area (Å²) in [7, 11) is 1.90. The molecule has 0 spiro atoms. The molecule has 0 aliphatic carbocycles. The molecule has 0 saturated heterocycles. The quantitative estimate of drug-likeness (QED) is 0.936. The lowest BCUT2D eigenvalue weighted by molar-refractivity contribution is 0.295. The van der Waals surface area contributed by atoms with Gasteiger partial charge in [-0.05, 0) is 37.6 Å². The first-order chi connectivity index (χ1) is 8.97. The molecular weight excluding hydrogens is 262 g/mol. The average molecular weight is 280 g/mol. The Balaban J connectivity index is 2.10. The van der Waals surface area contributed by atoms with E-state index in [1.165, 1.54) is 0 Å². The molecule has 0 unspecified atom stereocenters. The third kappa shape index (κ3) is 3.28. The summed E-state index contributed by atoms with van der Waals surface area (Å²) in [6.45, 7) is 4.31. The molecule has 1 atom stereocenters. The van der Waals surface area contributed by atoms with E-state index in [0.717, 1.165) is 17.0 Å². The highest BCUT2D eigenvalue weighted by Crippen LogP contribution is 2.28. The van der Waals surface area contributed by atoms with Crippen molar-refractivity contribution in [2.24, 2.45) is 12.8 Å². The van der Waals surface area contributed by atoms with Gasteiger partial charge in [0, 0.05) is 13.1 Å². The van der Waals surface area contributed by atoms with Gasteiger partial charge in [-0.1, -0.05) is 17.7 Å². The fourth-order valence-electron chi connectivity index (χ4n) is 1.87. The number of aryl methyl sites for hydroxylation is 2. The summed E-state index contributed by atoms with van der Waals surface area (Å²) in [5, 5.41) is 4.85. The number of halogens is 1. The SMILES string of the molecule is Cc1cc(COc2ccc([C@@H](C)N)cc2Cl)n(C)n1. The van der Waals surface area contributed by atoms with Gasteiger partial charge in [0.05, 0.1) is 16.4 Å². The molecular formula is C14H18ClN3O. The van der Waals surface area contributed by atoms with E-state index in [1.54, 1.807) is 4.68 Å². The molecule has 2 rings (SSSR count). The summed E-state index contributed by atoms with van der Waals surface area (Å²) in [6.07, 6.45) is 0. The Morgan fingerprint density at radius 1 is 1.42 bits per heavy atom. The third-order valence-corrected chi connectivity index (χ3v) is 3.25. The van der Waals surface area contributed by atoms with E-state index in [1.807, 2.05) is 45.2 Å². The topological polar surface area (TPSA) is 53.1 Å². The molecule has 0 fully saturated rings.